The first kappa shape index (κ1) is 20.4. The molecule has 1 aliphatic heterocycles. The van der Waals surface area contributed by atoms with Gasteiger partial charge in [-0.05, 0) is 48.0 Å². The molecule has 3 aromatic rings. The van der Waals surface area contributed by atoms with Crippen LogP contribution in [0.5, 0.6) is 5.75 Å². The molecule has 0 amide bonds. The molecule has 0 spiro atoms. The minimum Gasteiger partial charge on any atom is -0.508 e. The zero-order chi connectivity index (χ0) is 20.5. The molecule has 0 radical (unpaired) electrons. The highest BCUT2D eigenvalue weighted by molar-refractivity contribution is 9.10. The fraction of sp³-hybridized carbons (Fsp3) is 0.136. The molecule has 29 heavy (non-hydrogen) atoms. The largest absolute Gasteiger partial charge is 0.508 e. The molecule has 3 nitrogen and oxygen atoms in total. The maximum absolute atomic E-state index is 14.6. The number of nitrogens with zero attached hydrogens (tertiary/aromatic N) is 1. The third kappa shape index (κ3) is 4.33. The Labute approximate surface area is 186 Å². The number of hydrogen-bond acceptors (Lipinski definition) is 3. The van der Waals surface area contributed by atoms with E-state index in [1.54, 1.807) is 36.4 Å². The van der Waals surface area contributed by atoms with Crippen LogP contribution >= 0.6 is 39.1 Å². The molecule has 7 heteroatoms. The summed E-state index contributed by atoms with van der Waals surface area (Å²) in [5.74, 6) is -0.283. The van der Waals surface area contributed by atoms with Gasteiger partial charge in [0, 0.05) is 38.8 Å². The fourth-order valence-corrected chi connectivity index (χ4v) is 4.22. The Morgan fingerprint density at radius 1 is 1.07 bits per heavy atom. The molecule has 0 unspecified atom stereocenters. The second-order valence-electron chi connectivity index (χ2n) is 6.75. The Kier molecular flexibility index (Phi) is 5.93. The van der Waals surface area contributed by atoms with Gasteiger partial charge in [0.2, 0.25) is 0 Å². The lowest BCUT2D eigenvalue weighted by Gasteiger charge is -2.31. The van der Waals surface area contributed by atoms with Crippen molar-refractivity contribution in [2.75, 3.05) is 0 Å². The lowest BCUT2D eigenvalue weighted by Crippen LogP contribution is -2.33. The minimum atomic E-state index is -0.702. The molecule has 0 aliphatic carbocycles. The predicted octanol–water partition coefficient (Wildman–Crippen LogP) is 6.82. The zero-order valence-corrected chi connectivity index (χ0v) is 18.1. The van der Waals surface area contributed by atoms with Gasteiger partial charge in [-0.15, -0.1) is 0 Å². The minimum absolute atomic E-state index is 0.154. The summed E-state index contributed by atoms with van der Waals surface area (Å²) in [7, 11) is 0. The summed E-state index contributed by atoms with van der Waals surface area (Å²) >= 11 is 15.8. The maximum Gasteiger partial charge on any atom is 0.131 e. The Morgan fingerprint density at radius 3 is 2.55 bits per heavy atom. The number of aromatic hydroxyl groups is 1. The summed E-state index contributed by atoms with van der Waals surface area (Å²) < 4.78 is 15.5. The van der Waals surface area contributed by atoms with Gasteiger partial charge in [-0.1, -0.05) is 57.3 Å². The number of benzene rings is 3. The molecule has 0 saturated heterocycles. The van der Waals surface area contributed by atoms with E-state index < -0.39 is 12.0 Å². The van der Waals surface area contributed by atoms with E-state index in [4.69, 9.17) is 28.2 Å². The van der Waals surface area contributed by atoms with Crippen molar-refractivity contribution in [2.45, 2.75) is 18.6 Å². The van der Waals surface area contributed by atoms with E-state index in [1.165, 1.54) is 6.07 Å². The first-order valence-corrected chi connectivity index (χ1v) is 10.5. The number of halogens is 4. The van der Waals surface area contributed by atoms with Crippen LogP contribution in [-0.4, -0.2) is 10.8 Å². The van der Waals surface area contributed by atoms with Gasteiger partial charge in [0.05, 0.1) is 5.02 Å². The molecule has 0 saturated carbocycles. The van der Waals surface area contributed by atoms with E-state index in [-0.39, 0.29) is 17.4 Å². The molecule has 0 bridgehead atoms. The van der Waals surface area contributed by atoms with Crippen LogP contribution in [0.15, 0.2) is 70.1 Å². The summed E-state index contributed by atoms with van der Waals surface area (Å²) in [5.41, 5.74) is 2.62. The van der Waals surface area contributed by atoms with Crippen LogP contribution in [0.25, 0.3) is 0 Å². The lowest BCUT2D eigenvalue weighted by atomic mass is 9.93. The van der Waals surface area contributed by atoms with E-state index >= 15 is 0 Å². The monoisotopic (exact) mass is 492 g/mol. The van der Waals surface area contributed by atoms with E-state index in [1.807, 2.05) is 18.2 Å². The standard InChI is InChI=1S/C22H16BrCl2FN2O/c23-13-6-9-20(29)15(10-13)19-11-18(12-4-7-14(24)8-5-12)27-22(28-19)21-16(25)2-1-3-17(21)26/h1-10,19,22,28-29H,11H2/t19-,22+/m0/s1. The van der Waals surface area contributed by atoms with Crippen LogP contribution in [0.1, 0.15) is 35.3 Å². The number of nitrogens with one attached hydrogen (secondary N) is 1. The number of phenols is 1. The molecular weight excluding hydrogens is 478 g/mol. The topological polar surface area (TPSA) is 44.6 Å². The third-order valence-corrected chi connectivity index (χ3v) is 5.93. The van der Waals surface area contributed by atoms with Gasteiger partial charge in [0.1, 0.15) is 17.7 Å². The molecule has 3 aromatic carbocycles. The Hall–Kier alpha value is -1.92. The van der Waals surface area contributed by atoms with Gasteiger partial charge in [-0.3, -0.25) is 10.3 Å². The third-order valence-electron chi connectivity index (χ3n) is 4.86. The quantitative estimate of drug-likeness (QED) is 0.420. The highest BCUT2D eigenvalue weighted by Gasteiger charge is 2.30. The van der Waals surface area contributed by atoms with Crippen molar-refractivity contribution in [1.82, 2.24) is 5.32 Å². The first-order valence-electron chi connectivity index (χ1n) is 8.93. The number of rotatable bonds is 3. The van der Waals surface area contributed by atoms with Gasteiger partial charge < -0.3 is 5.11 Å². The molecule has 0 aromatic heterocycles. The molecule has 1 aliphatic rings. The molecule has 2 N–H and O–H groups in total. The number of aliphatic imine (C=N–C) groups is 1. The Morgan fingerprint density at radius 2 is 1.83 bits per heavy atom. The van der Waals surface area contributed by atoms with Gasteiger partial charge in [0.15, 0.2) is 0 Å². The van der Waals surface area contributed by atoms with Crippen molar-refractivity contribution >= 4 is 44.8 Å². The van der Waals surface area contributed by atoms with E-state index in [9.17, 15) is 9.50 Å². The second kappa shape index (κ2) is 8.44. The van der Waals surface area contributed by atoms with Crippen molar-refractivity contribution in [3.8, 4) is 5.75 Å². The molecular formula is C22H16BrCl2FN2O. The van der Waals surface area contributed by atoms with Gasteiger partial charge in [0.25, 0.3) is 0 Å². The fourth-order valence-electron chi connectivity index (χ4n) is 3.45. The highest BCUT2D eigenvalue weighted by atomic mass is 79.9. The molecule has 1 heterocycles. The van der Waals surface area contributed by atoms with Crippen LogP contribution in [0.2, 0.25) is 10.0 Å². The van der Waals surface area contributed by atoms with Crippen molar-refractivity contribution in [1.29, 1.82) is 0 Å². The van der Waals surface area contributed by atoms with Crippen molar-refractivity contribution < 1.29 is 9.50 Å². The predicted molar refractivity (Wildman–Crippen MR) is 118 cm³/mol. The average Bonchev–Trinajstić information content (AvgIpc) is 2.70. The first-order chi connectivity index (χ1) is 13.9. The number of phenolic OH excluding ortho intramolecular Hbond substituents is 1. The number of hydrogen-bond donors (Lipinski definition) is 2. The SMILES string of the molecule is Oc1ccc(Br)cc1[C@@H]1CC(c2ccc(Cl)cc2)=N[C@@H](c2c(F)cccc2Cl)N1. The van der Waals surface area contributed by atoms with Crippen LogP contribution in [-0.2, 0) is 0 Å². The van der Waals surface area contributed by atoms with Crippen LogP contribution in [0, 0.1) is 5.82 Å². The summed E-state index contributed by atoms with van der Waals surface area (Å²) in [6.07, 6.45) is -0.194. The summed E-state index contributed by atoms with van der Waals surface area (Å²) in [5, 5.41) is 14.7. The van der Waals surface area contributed by atoms with E-state index in [0.717, 1.165) is 15.7 Å². The van der Waals surface area contributed by atoms with E-state index in [0.29, 0.717) is 22.0 Å². The zero-order valence-electron chi connectivity index (χ0n) is 15.0. The smallest absolute Gasteiger partial charge is 0.131 e. The van der Waals surface area contributed by atoms with Crippen LogP contribution < -0.4 is 5.32 Å². The molecule has 148 valence electrons. The van der Waals surface area contributed by atoms with E-state index in [2.05, 4.69) is 21.2 Å². The van der Waals surface area contributed by atoms with Crippen LogP contribution in [0.4, 0.5) is 4.39 Å². The Balaban J connectivity index is 1.82. The lowest BCUT2D eigenvalue weighted by molar-refractivity contribution is 0.405. The second-order valence-corrected chi connectivity index (χ2v) is 8.51. The van der Waals surface area contributed by atoms with Gasteiger partial charge >= 0.3 is 0 Å². The molecule has 2 atom stereocenters. The van der Waals surface area contributed by atoms with Crippen LogP contribution in [0.3, 0.4) is 0 Å². The summed E-state index contributed by atoms with van der Waals surface area (Å²) in [4.78, 5) is 4.75. The summed E-state index contributed by atoms with van der Waals surface area (Å²) in [6.45, 7) is 0. The van der Waals surface area contributed by atoms with Gasteiger partial charge in [-0.25, -0.2) is 4.39 Å². The van der Waals surface area contributed by atoms with Crippen molar-refractivity contribution in [3.05, 3.63) is 97.7 Å². The highest BCUT2D eigenvalue weighted by Crippen LogP contribution is 2.38. The van der Waals surface area contributed by atoms with Gasteiger partial charge in [-0.2, -0.15) is 0 Å². The summed E-state index contributed by atoms with van der Waals surface area (Å²) in [6, 6.07) is 16.8. The van der Waals surface area contributed by atoms with Crippen molar-refractivity contribution in [3.63, 3.8) is 0 Å². The average molecular weight is 494 g/mol. The Bertz CT molecular complexity index is 1070. The van der Waals surface area contributed by atoms with Crippen molar-refractivity contribution in [2.24, 2.45) is 4.99 Å². The molecule has 4 rings (SSSR count). The molecule has 0 fully saturated rings. The normalized spacial score (nSPS) is 19.1. The maximum atomic E-state index is 14.6.